The zero-order valence-corrected chi connectivity index (χ0v) is 11.7. The van der Waals surface area contributed by atoms with E-state index < -0.39 is 0 Å². The van der Waals surface area contributed by atoms with E-state index >= 15 is 0 Å². The molecule has 0 saturated heterocycles. The lowest BCUT2D eigenvalue weighted by Crippen LogP contribution is -2.17. The van der Waals surface area contributed by atoms with E-state index in [0.717, 1.165) is 37.4 Å². The highest BCUT2D eigenvalue weighted by atomic mass is 16.5. The molecule has 5 heteroatoms. The van der Waals surface area contributed by atoms with Gasteiger partial charge < -0.3 is 10.5 Å². The Kier molecular flexibility index (Phi) is 3.69. The maximum Gasteiger partial charge on any atom is 0.164 e. The van der Waals surface area contributed by atoms with Gasteiger partial charge in [0, 0.05) is 12.6 Å². The Labute approximate surface area is 118 Å². The van der Waals surface area contributed by atoms with Crippen LogP contribution in [0.1, 0.15) is 42.8 Å². The summed E-state index contributed by atoms with van der Waals surface area (Å²) in [7, 11) is 0. The minimum atomic E-state index is 0.177. The number of fused-ring (bicyclic) bond motifs is 1. The van der Waals surface area contributed by atoms with Gasteiger partial charge in [0.2, 0.25) is 0 Å². The number of hydrogen-bond acceptors (Lipinski definition) is 4. The molecule has 0 spiro atoms. The Morgan fingerprint density at radius 1 is 1.45 bits per heavy atom. The van der Waals surface area contributed by atoms with Crippen molar-refractivity contribution in [3.8, 4) is 5.75 Å². The average molecular weight is 272 g/mol. The van der Waals surface area contributed by atoms with Crippen LogP contribution in [0.4, 0.5) is 0 Å². The van der Waals surface area contributed by atoms with E-state index in [2.05, 4.69) is 22.2 Å². The summed E-state index contributed by atoms with van der Waals surface area (Å²) in [6.45, 7) is 3.29. The molecule has 20 heavy (non-hydrogen) atoms. The molecule has 2 N–H and O–H groups in total. The van der Waals surface area contributed by atoms with Crippen molar-refractivity contribution in [2.24, 2.45) is 5.73 Å². The van der Waals surface area contributed by atoms with E-state index in [-0.39, 0.29) is 6.04 Å². The summed E-state index contributed by atoms with van der Waals surface area (Å²) in [5.74, 6) is 1.73. The van der Waals surface area contributed by atoms with E-state index in [1.807, 2.05) is 17.7 Å². The number of hydrogen-bond donors (Lipinski definition) is 1. The van der Waals surface area contributed by atoms with Gasteiger partial charge in [0.1, 0.15) is 18.7 Å². The number of aromatic nitrogens is 3. The third kappa shape index (κ3) is 2.54. The molecular formula is C15H20N4O. The Morgan fingerprint density at radius 3 is 3.20 bits per heavy atom. The quantitative estimate of drug-likeness (QED) is 0.926. The van der Waals surface area contributed by atoms with Crippen LogP contribution in [0.15, 0.2) is 24.5 Å². The lowest BCUT2D eigenvalue weighted by molar-refractivity contribution is 0.286. The summed E-state index contributed by atoms with van der Waals surface area (Å²) in [6.07, 6.45) is 4.88. The molecule has 5 nitrogen and oxygen atoms in total. The van der Waals surface area contributed by atoms with E-state index in [0.29, 0.717) is 6.61 Å². The molecule has 1 aromatic heterocycles. The molecule has 106 valence electrons. The molecule has 0 radical (unpaired) electrons. The molecule has 3 rings (SSSR count). The van der Waals surface area contributed by atoms with Crippen LogP contribution in [0, 0.1) is 0 Å². The molecule has 0 aliphatic heterocycles. The number of nitrogens with two attached hydrogens (primary N) is 1. The van der Waals surface area contributed by atoms with Crippen molar-refractivity contribution in [2.45, 2.75) is 45.4 Å². The second kappa shape index (κ2) is 5.63. The predicted octanol–water partition coefficient (Wildman–Crippen LogP) is 2.21. The highest BCUT2D eigenvalue weighted by Crippen LogP contribution is 2.30. The Balaban J connectivity index is 1.72. The van der Waals surface area contributed by atoms with E-state index in [1.165, 1.54) is 11.1 Å². The van der Waals surface area contributed by atoms with Gasteiger partial charge in [0.05, 0.1) is 0 Å². The third-order valence-corrected chi connectivity index (χ3v) is 3.84. The first-order valence-electron chi connectivity index (χ1n) is 7.16. The smallest absolute Gasteiger partial charge is 0.164 e. The fraction of sp³-hybridized carbons (Fsp3) is 0.467. The maximum absolute atomic E-state index is 6.12. The molecule has 1 atom stereocenters. The van der Waals surface area contributed by atoms with E-state index in [9.17, 15) is 0 Å². The maximum atomic E-state index is 6.12. The van der Waals surface area contributed by atoms with Gasteiger partial charge in [-0.2, -0.15) is 5.10 Å². The Morgan fingerprint density at radius 2 is 2.35 bits per heavy atom. The molecular weight excluding hydrogens is 252 g/mol. The van der Waals surface area contributed by atoms with Gasteiger partial charge in [0.25, 0.3) is 0 Å². The number of aryl methyl sites for hydroxylation is 2. The molecule has 1 aliphatic rings. The second-order valence-corrected chi connectivity index (χ2v) is 5.14. The van der Waals surface area contributed by atoms with Crippen LogP contribution in [0.5, 0.6) is 5.75 Å². The average Bonchev–Trinajstić information content (AvgIpc) is 2.92. The number of nitrogens with zero attached hydrogens (tertiary/aromatic N) is 3. The molecule has 0 bridgehead atoms. The van der Waals surface area contributed by atoms with Crippen LogP contribution in [-0.4, -0.2) is 14.8 Å². The highest BCUT2D eigenvalue weighted by Gasteiger charge is 2.17. The van der Waals surface area contributed by atoms with Crippen molar-refractivity contribution in [2.75, 3.05) is 0 Å². The van der Waals surface area contributed by atoms with Gasteiger partial charge in [-0.15, -0.1) is 0 Å². The number of ether oxygens (including phenoxy) is 1. The van der Waals surface area contributed by atoms with Crippen molar-refractivity contribution in [1.29, 1.82) is 0 Å². The second-order valence-electron chi connectivity index (χ2n) is 5.14. The molecule has 0 saturated carbocycles. The van der Waals surface area contributed by atoms with E-state index in [1.54, 1.807) is 6.33 Å². The van der Waals surface area contributed by atoms with Crippen molar-refractivity contribution < 1.29 is 4.74 Å². The van der Waals surface area contributed by atoms with Crippen molar-refractivity contribution >= 4 is 0 Å². The first-order chi connectivity index (χ1) is 9.78. The van der Waals surface area contributed by atoms with Crippen molar-refractivity contribution in [3.63, 3.8) is 0 Å². The summed E-state index contributed by atoms with van der Waals surface area (Å²) in [5, 5.41) is 4.14. The fourth-order valence-corrected chi connectivity index (χ4v) is 2.73. The van der Waals surface area contributed by atoms with Crippen LogP contribution >= 0.6 is 0 Å². The van der Waals surface area contributed by atoms with Crippen LogP contribution in [0.3, 0.4) is 0 Å². The van der Waals surface area contributed by atoms with Gasteiger partial charge in [0.15, 0.2) is 5.82 Å². The fourth-order valence-electron chi connectivity index (χ4n) is 2.73. The zero-order valence-electron chi connectivity index (χ0n) is 11.7. The predicted molar refractivity (Wildman–Crippen MR) is 76.3 cm³/mol. The molecule has 2 aromatic rings. The zero-order chi connectivity index (χ0) is 13.9. The molecule has 0 fully saturated rings. The third-order valence-electron chi connectivity index (χ3n) is 3.84. The van der Waals surface area contributed by atoms with Gasteiger partial charge in [-0.05, 0) is 49.4 Å². The topological polar surface area (TPSA) is 66.0 Å². The summed E-state index contributed by atoms with van der Waals surface area (Å²) >= 11 is 0. The highest BCUT2D eigenvalue weighted by molar-refractivity contribution is 5.38. The largest absolute Gasteiger partial charge is 0.486 e. The SMILES string of the molecule is CCn1ncnc1COc1ccc2c(c1)CCCC2N. The molecule has 1 heterocycles. The van der Waals surface area contributed by atoms with Crippen molar-refractivity contribution in [3.05, 3.63) is 41.5 Å². The molecule has 0 amide bonds. The van der Waals surface area contributed by atoms with Crippen LogP contribution in [0.2, 0.25) is 0 Å². The first kappa shape index (κ1) is 13.1. The van der Waals surface area contributed by atoms with E-state index in [4.69, 9.17) is 10.5 Å². The van der Waals surface area contributed by atoms with Crippen molar-refractivity contribution in [1.82, 2.24) is 14.8 Å². The van der Waals surface area contributed by atoms with Gasteiger partial charge in [-0.1, -0.05) is 6.07 Å². The van der Waals surface area contributed by atoms with Gasteiger partial charge in [-0.3, -0.25) is 0 Å². The minimum Gasteiger partial charge on any atom is -0.486 e. The summed E-state index contributed by atoms with van der Waals surface area (Å²) in [6, 6.07) is 6.38. The molecule has 1 unspecified atom stereocenters. The lowest BCUT2D eigenvalue weighted by atomic mass is 9.88. The lowest BCUT2D eigenvalue weighted by Gasteiger charge is -2.22. The summed E-state index contributed by atoms with van der Waals surface area (Å²) in [5.41, 5.74) is 8.70. The normalized spacial score (nSPS) is 17.8. The van der Waals surface area contributed by atoms with Crippen LogP contribution < -0.4 is 10.5 Å². The standard InChI is InChI=1S/C15H20N4O/c1-2-19-15(17-10-18-19)9-20-12-6-7-13-11(8-12)4-3-5-14(13)16/h6-8,10,14H,2-5,9,16H2,1H3. The first-order valence-corrected chi connectivity index (χ1v) is 7.16. The van der Waals surface area contributed by atoms with Gasteiger partial charge >= 0.3 is 0 Å². The monoisotopic (exact) mass is 272 g/mol. The van der Waals surface area contributed by atoms with Gasteiger partial charge in [-0.25, -0.2) is 9.67 Å². The Hall–Kier alpha value is -1.88. The van der Waals surface area contributed by atoms with Crippen LogP contribution in [0.25, 0.3) is 0 Å². The summed E-state index contributed by atoms with van der Waals surface area (Å²) < 4.78 is 7.67. The number of rotatable bonds is 4. The molecule has 1 aromatic carbocycles. The summed E-state index contributed by atoms with van der Waals surface area (Å²) in [4.78, 5) is 4.21. The minimum absolute atomic E-state index is 0.177. The van der Waals surface area contributed by atoms with Crippen LogP contribution in [-0.2, 0) is 19.6 Å². The number of benzene rings is 1. The Bertz CT molecular complexity index is 593. The molecule has 1 aliphatic carbocycles.